The zero-order chi connectivity index (χ0) is 30.1. The van der Waals surface area contributed by atoms with E-state index in [1.54, 1.807) is 24.3 Å². The number of carbonyl (C=O) groups is 1. The van der Waals surface area contributed by atoms with Crippen LogP contribution in [0.2, 0.25) is 5.02 Å². The molecule has 0 radical (unpaired) electrons. The largest absolute Gasteiger partial charge is 0.394 e. The molecule has 10 nitrogen and oxygen atoms in total. The minimum Gasteiger partial charge on any atom is -0.394 e. The third kappa shape index (κ3) is 5.77. The van der Waals surface area contributed by atoms with Gasteiger partial charge in [0.15, 0.2) is 23.6 Å². The summed E-state index contributed by atoms with van der Waals surface area (Å²) in [6, 6.07) is 6.32. The number of hydrogen-bond acceptors (Lipinski definition) is 8. The van der Waals surface area contributed by atoms with Crippen molar-refractivity contribution in [3.05, 3.63) is 65.1 Å². The van der Waals surface area contributed by atoms with E-state index in [0.29, 0.717) is 23.6 Å². The van der Waals surface area contributed by atoms with Crippen molar-refractivity contribution in [1.82, 2.24) is 15.0 Å². The topological polar surface area (TPSA) is 130 Å². The number of ether oxygens (including phenoxy) is 2. The Morgan fingerprint density at radius 2 is 1.88 bits per heavy atom. The molecule has 2 heterocycles. The van der Waals surface area contributed by atoms with E-state index in [1.165, 1.54) is 18.2 Å². The molecular formula is C28H30ClF3N4O6. The highest BCUT2D eigenvalue weighted by molar-refractivity contribution is 6.31. The van der Waals surface area contributed by atoms with Gasteiger partial charge in [-0.3, -0.25) is 4.79 Å². The lowest BCUT2D eigenvalue weighted by Crippen LogP contribution is -2.63. The quantitative estimate of drug-likeness (QED) is 0.348. The molecule has 0 spiro atoms. The van der Waals surface area contributed by atoms with Crippen LogP contribution in [0.1, 0.15) is 31.7 Å². The highest BCUT2D eigenvalue weighted by Gasteiger charge is 2.52. The summed E-state index contributed by atoms with van der Waals surface area (Å²) in [4.78, 5) is 15.8. The molecule has 0 bridgehead atoms. The van der Waals surface area contributed by atoms with Crippen LogP contribution >= 0.6 is 11.6 Å². The lowest BCUT2D eigenvalue weighted by atomic mass is 9.88. The minimum absolute atomic E-state index is 0.0457. The summed E-state index contributed by atoms with van der Waals surface area (Å²) in [6.45, 7) is -0.670. The highest BCUT2D eigenvalue weighted by Crippen LogP contribution is 2.37. The lowest BCUT2D eigenvalue weighted by molar-refractivity contribution is -0.211. The molecule has 7 atom stereocenters. The molecule has 1 aliphatic heterocycles. The standard InChI is InChI=1S/C28H30ClF3N4O6/c1-41-26-24(35-12-19(33-34-35)14-9-17(30)23(32)18(31)10-14)25(39)22(13-37)42-27(26)28(40)36(16-6-4-5-15(29)11-16)20-7-2-3-8-21(20)38/h4-6,9-12,20-22,24-27,37-39H,2-3,7-8,13H2,1H3/t20-,21-,22-,24+,25+,26-,27-/m1/s1. The molecule has 1 aromatic heterocycles. The normalized spacial score (nSPS) is 28.0. The molecule has 14 heteroatoms. The fourth-order valence-electron chi connectivity index (χ4n) is 5.76. The van der Waals surface area contributed by atoms with Crippen molar-refractivity contribution in [1.29, 1.82) is 0 Å². The molecule has 2 aliphatic rings. The summed E-state index contributed by atoms with van der Waals surface area (Å²) in [7, 11) is 1.30. The van der Waals surface area contributed by atoms with Gasteiger partial charge in [-0.15, -0.1) is 5.10 Å². The van der Waals surface area contributed by atoms with E-state index in [2.05, 4.69) is 10.3 Å². The van der Waals surface area contributed by atoms with Gasteiger partial charge < -0.3 is 29.7 Å². The Morgan fingerprint density at radius 3 is 2.52 bits per heavy atom. The van der Waals surface area contributed by atoms with E-state index in [0.717, 1.165) is 29.7 Å². The number of aliphatic hydroxyl groups excluding tert-OH is 3. The van der Waals surface area contributed by atoms with Crippen molar-refractivity contribution in [2.24, 2.45) is 0 Å². The summed E-state index contributed by atoms with van der Waals surface area (Å²) >= 11 is 6.25. The van der Waals surface area contributed by atoms with Gasteiger partial charge in [0.05, 0.1) is 24.9 Å². The predicted molar refractivity (Wildman–Crippen MR) is 144 cm³/mol. The molecule has 42 heavy (non-hydrogen) atoms. The van der Waals surface area contributed by atoms with Crippen molar-refractivity contribution in [2.45, 2.75) is 68.3 Å². The Labute approximate surface area is 244 Å². The maximum absolute atomic E-state index is 14.3. The average Bonchev–Trinajstić information content (AvgIpc) is 3.46. The first kappa shape index (κ1) is 30.4. The van der Waals surface area contributed by atoms with Crippen molar-refractivity contribution in [3.8, 4) is 11.3 Å². The first-order valence-electron chi connectivity index (χ1n) is 13.4. The van der Waals surface area contributed by atoms with Gasteiger partial charge in [0.1, 0.15) is 30.0 Å². The number of benzene rings is 2. The molecule has 3 aromatic rings. The Hall–Kier alpha value is -3.07. The monoisotopic (exact) mass is 610 g/mol. The predicted octanol–water partition coefficient (Wildman–Crippen LogP) is 3.03. The number of carbonyl (C=O) groups excluding carboxylic acids is 1. The van der Waals surface area contributed by atoms with E-state index >= 15 is 0 Å². The number of methoxy groups -OCH3 is 1. The number of halogens is 4. The number of aliphatic hydroxyl groups is 3. The summed E-state index contributed by atoms with van der Waals surface area (Å²) in [5, 5.41) is 40.4. The van der Waals surface area contributed by atoms with Crippen LogP contribution in [-0.4, -0.2) is 86.5 Å². The molecule has 226 valence electrons. The Kier molecular flexibility index (Phi) is 9.16. The second kappa shape index (κ2) is 12.7. The Morgan fingerprint density at radius 1 is 1.17 bits per heavy atom. The lowest BCUT2D eigenvalue weighted by Gasteiger charge is -2.46. The van der Waals surface area contributed by atoms with Crippen LogP contribution < -0.4 is 4.90 Å². The van der Waals surface area contributed by atoms with Crippen molar-refractivity contribution >= 4 is 23.2 Å². The van der Waals surface area contributed by atoms with Crippen molar-refractivity contribution in [2.75, 3.05) is 18.6 Å². The number of hydrogen-bond donors (Lipinski definition) is 3. The Balaban J connectivity index is 1.53. The second-order valence-electron chi connectivity index (χ2n) is 10.4. The smallest absolute Gasteiger partial charge is 0.259 e. The highest BCUT2D eigenvalue weighted by atomic mass is 35.5. The third-order valence-corrected chi connectivity index (χ3v) is 8.06. The van der Waals surface area contributed by atoms with Crippen LogP contribution in [0, 0.1) is 17.5 Å². The minimum atomic E-state index is -1.63. The van der Waals surface area contributed by atoms with Crippen LogP contribution in [-0.2, 0) is 14.3 Å². The van der Waals surface area contributed by atoms with E-state index in [1.807, 2.05) is 0 Å². The van der Waals surface area contributed by atoms with Crippen molar-refractivity contribution in [3.63, 3.8) is 0 Å². The first-order chi connectivity index (χ1) is 20.1. The summed E-state index contributed by atoms with van der Waals surface area (Å²) < 4.78 is 54.0. The molecule has 3 N–H and O–H groups in total. The third-order valence-electron chi connectivity index (χ3n) is 7.83. The molecule has 5 rings (SSSR count). The Bertz CT molecular complexity index is 1410. The van der Waals surface area contributed by atoms with Gasteiger partial charge in [-0.25, -0.2) is 17.9 Å². The summed E-state index contributed by atoms with van der Waals surface area (Å²) in [5.74, 6) is -5.08. The molecule has 0 unspecified atom stereocenters. The van der Waals surface area contributed by atoms with Gasteiger partial charge in [0, 0.05) is 23.4 Å². The first-order valence-corrected chi connectivity index (χ1v) is 13.8. The molecule has 1 saturated carbocycles. The summed E-state index contributed by atoms with van der Waals surface area (Å²) in [5.41, 5.74) is 0.261. The molecular weight excluding hydrogens is 581 g/mol. The van der Waals surface area contributed by atoms with Gasteiger partial charge in [0.2, 0.25) is 0 Å². The van der Waals surface area contributed by atoms with Gasteiger partial charge in [0.25, 0.3) is 5.91 Å². The molecule has 2 fully saturated rings. The van der Waals surface area contributed by atoms with Crippen LogP contribution in [0.25, 0.3) is 11.3 Å². The van der Waals surface area contributed by atoms with E-state index in [9.17, 15) is 33.3 Å². The maximum Gasteiger partial charge on any atom is 0.259 e. The SMILES string of the molecule is CO[C@@H]1[C@@H](n2cc(-c3cc(F)c(F)c(F)c3)nn2)[C@@H](O)[C@@H](CO)O[C@H]1C(=O)N(c1cccc(Cl)c1)[C@@H]1CCCC[C@H]1O. The zero-order valence-electron chi connectivity index (χ0n) is 22.5. The fourth-order valence-corrected chi connectivity index (χ4v) is 5.94. The maximum atomic E-state index is 14.3. The molecule has 1 aliphatic carbocycles. The molecule has 2 aromatic carbocycles. The van der Waals surface area contributed by atoms with Crippen LogP contribution in [0.3, 0.4) is 0 Å². The number of nitrogens with zero attached hydrogens (tertiary/aromatic N) is 4. The van der Waals surface area contributed by atoms with Gasteiger partial charge in [-0.05, 0) is 43.2 Å². The van der Waals surface area contributed by atoms with Gasteiger partial charge in [-0.1, -0.05) is 35.7 Å². The second-order valence-corrected chi connectivity index (χ2v) is 10.8. The van der Waals surface area contributed by atoms with Crippen LogP contribution in [0.4, 0.5) is 18.9 Å². The van der Waals surface area contributed by atoms with E-state index in [4.69, 9.17) is 21.1 Å². The van der Waals surface area contributed by atoms with Crippen LogP contribution in [0.5, 0.6) is 0 Å². The zero-order valence-corrected chi connectivity index (χ0v) is 23.2. The van der Waals surface area contributed by atoms with E-state index < -0.39 is 72.6 Å². The van der Waals surface area contributed by atoms with Gasteiger partial charge in [-0.2, -0.15) is 0 Å². The molecule has 1 saturated heterocycles. The summed E-state index contributed by atoms with van der Waals surface area (Å²) in [6.07, 6.45) is -2.32. The number of amides is 1. The van der Waals surface area contributed by atoms with Crippen molar-refractivity contribution < 1.29 is 42.8 Å². The van der Waals surface area contributed by atoms with Gasteiger partial charge >= 0.3 is 0 Å². The average molecular weight is 611 g/mol. The fraction of sp³-hybridized carbons (Fsp3) is 0.464. The molecule has 1 amide bonds. The number of aromatic nitrogens is 3. The number of anilines is 1. The van der Waals surface area contributed by atoms with E-state index in [-0.39, 0.29) is 11.3 Å². The van der Waals surface area contributed by atoms with Crippen LogP contribution in [0.15, 0.2) is 42.6 Å². The number of rotatable bonds is 7.